The molecule has 18 heavy (non-hydrogen) atoms. The third-order valence-corrected chi connectivity index (χ3v) is 3.43. The van der Waals surface area contributed by atoms with E-state index in [0.717, 1.165) is 30.2 Å². The van der Waals surface area contributed by atoms with Gasteiger partial charge in [0.2, 0.25) is 0 Å². The normalized spacial score (nSPS) is 19.9. The summed E-state index contributed by atoms with van der Waals surface area (Å²) < 4.78 is 12.9. The van der Waals surface area contributed by atoms with E-state index in [1.54, 1.807) is 12.1 Å². The summed E-state index contributed by atoms with van der Waals surface area (Å²) in [6, 6.07) is 6.48. The second kappa shape index (κ2) is 4.90. The van der Waals surface area contributed by atoms with E-state index in [0.29, 0.717) is 5.92 Å². The number of nitrogens with one attached hydrogen (secondary N) is 2. The number of benzene rings is 1. The number of piperidine rings is 1. The predicted molar refractivity (Wildman–Crippen MR) is 68.8 cm³/mol. The van der Waals surface area contributed by atoms with E-state index in [9.17, 15) is 4.39 Å². The van der Waals surface area contributed by atoms with Gasteiger partial charge >= 0.3 is 0 Å². The lowest BCUT2D eigenvalue weighted by Gasteiger charge is -2.20. The Labute approximate surface area is 105 Å². The van der Waals surface area contributed by atoms with Crippen molar-refractivity contribution in [3.63, 3.8) is 0 Å². The second-order valence-electron chi connectivity index (χ2n) is 4.73. The Morgan fingerprint density at radius 2 is 2.06 bits per heavy atom. The number of imidazole rings is 1. The van der Waals surface area contributed by atoms with Crippen LogP contribution in [0.5, 0.6) is 0 Å². The van der Waals surface area contributed by atoms with Gasteiger partial charge in [0.05, 0.1) is 11.9 Å². The highest BCUT2D eigenvalue weighted by Crippen LogP contribution is 2.24. The molecule has 1 aliphatic rings. The van der Waals surface area contributed by atoms with Crippen molar-refractivity contribution >= 4 is 0 Å². The van der Waals surface area contributed by atoms with Gasteiger partial charge in [-0.25, -0.2) is 9.37 Å². The van der Waals surface area contributed by atoms with Crippen LogP contribution in [0.2, 0.25) is 0 Å². The molecule has 2 aromatic rings. The minimum atomic E-state index is -0.213. The topological polar surface area (TPSA) is 40.7 Å². The summed E-state index contributed by atoms with van der Waals surface area (Å²) in [7, 11) is 0. The van der Waals surface area contributed by atoms with E-state index in [4.69, 9.17) is 0 Å². The second-order valence-corrected chi connectivity index (χ2v) is 4.73. The minimum Gasteiger partial charge on any atom is -0.342 e. The first kappa shape index (κ1) is 11.4. The molecular weight excluding hydrogens is 229 g/mol. The monoisotopic (exact) mass is 245 g/mol. The van der Waals surface area contributed by atoms with E-state index in [1.165, 1.54) is 25.0 Å². The maximum Gasteiger partial charge on any atom is 0.123 e. The molecule has 0 saturated carbocycles. The van der Waals surface area contributed by atoms with Gasteiger partial charge in [-0.2, -0.15) is 0 Å². The number of hydrogen-bond donors (Lipinski definition) is 2. The minimum absolute atomic E-state index is 0.213. The summed E-state index contributed by atoms with van der Waals surface area (Å²) >= 11 is 0. The highest BCUT2D eigenvalue weighted by Gasteiger charge is 2.18. The number of nitrogens with zero attached hydrogens (tertiary/aromatic N) is 1. The molecule has 94 valence electrons. The summed E-state index contributed by atoms with van der Waals surface area (Å²) in [6.07, 6.45) is 4.19. The van der Waals surface area contributed by atoms with Crippen molar-refractivity contribution in [2.24, 2.45) is 0 Å². The van der Waals surface area contributed by atoms with Crippen molar-refractivity contribution < 1.29 is 4.39 Å². The largest absolute Gasteiger partial charge is 0.342 e. The molecular formula is C14H16FN3. The Morgan fingerprint density at radius 3 is 2.78 bits per heavy atom. The third kappa shape index (κ3) is 2.29. The smallest absolute Gasteiger partial charge is 0.123 e. The Bertz CT molecular complexity index is 512. The molecule has 2 heterocycles. The van der Waals surface area contributed by atoms with Crippen molar-refractivity contribution in [1.82, 2.24) is 15.3 Å². The molecule has 1 aliphatic heterocycles. The van der Waals surface area contributed by atoms with E-state index < -0.39 is 0 Å². The molecule has 0 amide bonds. The average molecular weight is 245 g/mol. The molecule has 1 unspecified atom stereocenters. The molecule has 0 spiro atoms. The summed E-state index contributed by atoms with van der Waals surface area (Å²) in [5, 5.41) is 3.38. The summed E-state index contributed by atoms with van der Waals surface area (Å²) in [6.45, 7) is 2.08. The van der Waals surface area contributed by atoms with Crippen LogP contribution in [-0.2, 0) is 0 Å². The van der Waals surface area contributed by atoms with Crippen LogP contribution in [0, 0.1) is 5.82 Å². The van der Waals surface area contributed by atoms with Crippen LogP contribution in [0.4, 0.5) is 4.39 Å². The lowest BCUT2D eigenvalue weighted by molar-refractivity contribution is 0.449. The highest BCUT2D eigenvalue weighted by atomic mass is 19.1. The van der Waals surface area contributed by atoms with Crippen molar-refractivity contribution in [3.05, 3.63) is 42.1 Å². The first-order valence-corrected chi connectivity index (χ1v) is 6.34. The van der Waals surface area contributed by atoms with Crippen molar-refractivity contribution in [2.45, 2.75) is 18.8 Å². The van der Waals surface area contributed by atoms with Crippen LogP contribution in [0.1, 0.15) is 24.6 Å². The summed E-state index contributed by atoms with van der Waals surface area (Å²) in [5.74, 6) is 1.28. The molecule has 1 aromatic carbocycles. The SMILES string of the molecule is Fc1ccc(-c2cnc(C3CCCNC3)[nH]2)cc1. The lowest BCUT2D eigenvalue weighted by Crippen LogP contribution is -2.28. The first-order valence-electron chi connectivity index (χ1n) is 6.34. The van der Waals surface area contributed by atoms with Crippen molar-refractivity contribution in [3.8, 4) is 11.3 Å². The zero-order valence-electron chi connectivity index (χ0n) is 10.1. The molecule has 0 aliphatic carbocycles. The van der Waals surface area contributed by atoms with Crippen molar-refractivity contribution in [1.29, 1.82) is 0 Å². The van der Waals surface area contributed by atoms with E-state index in [-0.39, 0.29) is 5.82 Å². The molecule has 2 N–H and O–H groups in total. The average Bonchev–Trinajstić information content (AvgIpc) is 2.90. The van der Waals surface area contributed by atoms with Crippen LogP contribution in [0.3, 0.4) is 0 Å². The molecule has 1 fully saturated rings. The van der Waals surface area contributed by atoms with Gasteiger partial charge in [0, 0.05) is 12.5 Å². The van der Waals surface area contributed by atoms with Gasteiger partial charge in [-0.05, 0) is 49.2 Å². The quantitative estimate of drug-likeness (QED) is 0.854. The highest BCUT2D eigenvalue weighted by molar-refractivity contribution is 5.58. The molecule has 1 atom stereocenters. The molecule has 0 bridgehead atoms. The molecule has 3 rings (SSSR count). The van der Waals surface area contributed by atoms with E-state index in [2.05, 4.69) is 15.3 Å². The zero-order chi connectivity index (χ0) is 12.4. The fourth-order valence-corrected chi connectivity index (χ4v) is 2.41. The van der Waals surface area contributed by atoms with Gasteiger partial charge in [0.25, 0.3) is 0 Å². The number of hydrogen-bond acceptors (Lipinski definition) is 2. The molecule has 3 nitrogen and oxygen atoms in total. The number of H-pyrrole nitrogens is 1. The van der Waals surface area contributed by atoms with Gasteiger partial charge in [-0.15, -0.1) is 0 Å². The fraction of sp³-hybridized carbons (Fsp3) is 0.357. The van der Waals surface area contributed by atoms with Gasteiger partial charge in [-0.1, -0.05) is 0 Å². The van der Waals surface area contributed by atoms with E-state index in [1.807, 2.05) is 6.20 Å². The Morgan fingerprint density at radius 1 is 1.22 bits per heavy atom. The third-order valence-electron chi connectivity index (χ3n) is 3.43. The van der Waals surface area contributed by atoms with E-state index >= 15 is 0 Å². The molecule has 1 saturated heterocycles. The maximum absolute atomic E-state index is 12.9. The first-order chi connectivity index (χ1) is 8.83. The number of aromatic amines is 1. The lowest BCUT2D eigenvalue weighted by atomic mass is 9.99. The number of halogens is 1. The van der Waals surface area contributed by atoms with Gasteiger partial charge in [-0.3, -0.25) is 0 Å². The van der Waals surface area contributed by atoms with Crippen LogP contribution in [-0.4, -0.2) is 23.1 Å². The van der Waals surface area contributed by atoms with Crippen LogP contribution in [0.15, 0.2) is 30.5 Å². The summed E-state index contributed by atoms with van der Waals surface area (Å²) in [4.78, 5) is 7.79. The van der Waals surface area contributed by atoms with Crippen LogP contribution in [0.25, 0.3) is 11.3 Å². The van der Waals surface area contributed by atoms with Crippen molar-refractivity contribution in [2.75, 3.05) is 13.1 Å². The standard InChI is InChI=1S/C14H16FN3/c15-12-5-3-10(4-6-12)13-9-17-14(18-13)11-2-1-7-16-8-11/h3-6,9,11,16H,1-2,7-8H2,(H,17,18). The van der Waals surface area contributed by atoms with Gasteiger partial charge in [0.1, 0.15) is 11.6 Å². The zero-order valence-corrected chi connectivity index (χ0v) is 10.1. The van der Waals surface area contributed by atoms with Crippen LogP contribution >= 0.6 is 0 Å². The molecule has 0 radical (unpaired) electrons. The Kier molecular flexibility index (Phi) is 3.11. The molecule has 1 aromatic heterocycles. The Balaban J connectivity index is 1.82. The fourth-order valence-electron chi connectivity index (χ4n) is 2.41. The van der Waals surface area contributed by atoms with Gasteiger partial charge in [0.15, 0.2) is 0 Å². The summed E-state index contributed by atoms with van der Waals surface area (Å²) in [5.41, 5.74) is 1.93. The Hall–Kier alpha value is -1.68. The van der Waals surface area contributed by atoms with Crippen LogP contribution < -0.4 is 5.32 Å². The predicted octanol–water partition coefficient (Wildman–Crippen LogP) is 2.68. The number of rotatable bonds is 2. The number of aromatic nitrogens is 2. The maximum atomic E-state index is 12.9. The molecule has 4 heteroatoms. The van der Waals surface area contributed by atoms with Gasteiger partial charge < -0.3 is 10.3 Å².